The van der Waals surface area contributed by atoms with Crippen LogP contribution in [0.1, 0.15) is 52.7 Å². The van der Waals surface area contributed by atoms with Gasteiger partial charge in [0, 0.05) is 77.9 Å². The summed E-state index contributed by atoms with van der Waals surface area (Å²) in [4.78, 5) is 5.22. The summed E-state index contributed by atoms with van der Waals surface area (Å²) in [5.74, 6) is 0. The van der Waals surface area contributed by atoms with Crippen LogP contribution >= 0.6 is 0 Å². The summed E-state index contributed by atoms with van der Waals surface area (Å²) in [5.41, 5.74) is 29.5. The SMILES string of the molecule is CC(C)(C)c1ccccc1-c1ccccc1N1c2ccc(-n3c4ccccc4c4cccc(-c5ccccc5)c43)cc2B2c3cc(-n4c5ccccc5c5cccc(-c6ccccc6)c54)ccc3N(c3ccccc3-c3ccccc3C(C)(C)C)c3cccc1c32. The minimum Gasteiger partial charge on any atom is -0.311 e. The largest absolute Gasteiger partial charge is 0.311 e. The molecule has 4 heterocycles. The van der Waals surface area contributed by atoms with E-state index in [-0.39, 0.29) is 17.5 Å². The van der Waals surface area contributed by atoms with Gasteiger partial charge in [-0.25, -0.2) is 0 Å². The third kappa shape index (κ3) is 8.51. The summed E-state index contributed by atoms with van der Waals surface area (Å²) in [7, 11) is 0. The average Bonchev–Trinajstić information content (AvgIpc) is 0.995. The van der Waals surface area contributed by atoms with Gasteiger partial charge in [-0.2, -0.15) is 0 Å². The maximum Gasteiger partial charge on any atom is 0.252 e. The molecule has 0 aliphatic carbocycles. The van der Waals surface area contributed by atoms with E-state index in [0.717, 1.165) is 45.5 Å². The highest BCUT2D eigenvalue weighted by Crippen LogP contribution is 2.51. The van der Waals surface area contributed by atoms with Gasteiger partial charge in [-0.15, -0.1) is 0 Å². The molecule has 0 N–H and O–H groups in total. The van der Waals surface area contributed by atoms with Gasteiger partial charge in [-0.1, -0.05) is 266 Å². The zero-order valence-corrected chi connectivity index (χ0v) is 52.2. The minimum absolute atomic E-state index is 0.116. The van der Waals surface area contributed by atoms with Crippen LogP contribution < -0.4 is 26.2 Å². The van der Waals surface area contributed by atoms with Crippen molar-refractivity contribution in [2.45, 2.75) is 52.4 Å². The van der Waals surface area contributed by atoms with E-state index >= 15 is 0 Å². The second-order valence-corrected chi connectivity index (χ2v) is 26.8. The molecule has 0 amide bonds. The van der Waals surface area contributed by atoms with Gasteiger partial charge < -0.3 is 18.9 Å². The van der Waals surface area contributed by atoms with Crippen molar-refractivity contribution in [3.8, 4) is 55.9 Å². The Hall–Kier alpha value is -10.9. The number of benzene rings is 13. The fraction of sp³-hybridized carbons (Fsp3) is 0.0930. The number of hydrogen-bond donors (Lipinski definition) is 0. The third-order valence-corrected chi connectivity index (χ3v) is 19.4. The number of anilines is 6. The van der Waals surface area contributed by atoms with E-state index in [9.17, 15) is 0 Å². The summed E-state index contributed by atoms with van der Waals surface area (Å²) in [5, 5.41) is 4.91. The average molecular weight is 1170 g/mol. The van der Waals surface area contributed by atoms with E-state index in [1.54, 1.807) is 0 Å². The molecule has 0 radical (unpaired) electrons. The molecule has 0 atom stereocenters. The molecule has 434 valence electrons. The lowest BCUT2D eigenvalue weighted by Gasteiger charge is -2.45. The normalized spacial score (nSPS) is 12.9. The molecule has 0 saturated carbocycles. The van der Waals surface area contributed by atoms with Crippen LogP contribution in [0.5, 0.6) is 0 Å². The minimum atomic E-state index is -0.227. The summed E-state index contributed by atoms with van der Waals surface area (Å²) in [6.07, 6.45) is 0. The first-order valence-electron chi connectivity index (χ1n) is 32.0. The maximum atomic E-state index is 2.61. The van der Waals surface area contributed by atoms with Crippen molar-refractivity contribution in [2.75, 3.05) is 9.80 Å². The van der Waals surface area contributed by atoms with Gasteiger partial charge in [0.1, 0.15) is 0 Å². The number of hydrogen-bond acceptors (Lipinski definition) is 2. The molecule has 0 bridgehead atoms. The van der Waals surface area contributed by atoms with E-state index < -0.39 is 0 Å². The maximum absolute atomic E-state index is 2.61. The molecular formula is C86H67BN4. The van der Waals surface area contributed by atoms with Gasteiger partial charge in [-0.05, 0) is 133 Å². The fourth-order valence-corrected chi connectivity index (χ4v) is 15.5. The standard InChI is InChI=1S/C86H67BN4/c1-85(2,3)70-42-19-13-32-62(70)64-34-15-23-46-76(64)90-78-52-50-58(88-74-44-21-17-36-66(74)68-40-25-38-60(83(68)88)56-28-9-7-10-29-56)54-72(78)87-73-55-59(89-75-45-22-18-37-67(75)69-41-26-39-61(84(69)89)57-30-11-8-12-31-57)51-53-79(73)91(81-49-27-48-80(90)82(81)87)77-47-24-16-35-65(77)63-33-14-20-43-71(63)86(4,5)6/h7-55H,1-6H3. The highest BCUT2D eigenvalue weighted by atomic mass is 15.2. The van der Waals surface area contributed by atoms with Crippen molar-refractivity contribution < 1.29 is 0 Å². The van der Waals surface area contributed by atoms with Crippen LogP contribution in [0.2, 0.25) is 0 Å². The van der Waals surface area contributed by atoms with Gasteiger partial charge in [0.25, 0.3) is 6.71 Å². The molecule has 2 aliphatic rings. The lowest BCUT2D eigenvalue weighted by molar-refractivity contribution is 0.591. The quantitative estimate of drug-likeness (QED) is 0.141. The second-order valence-electron chi connectivity index (χ2n) is 26.8. The molecule has 0 spiro atoms. The molecule has 13 aromatic carbocycles. The van der Waals surface area contributed by atoms with Crippen molar-refractivity contribution >= 4 is 101 Å². The first kappa shape index (κ1) is 54.3. The molecule has 4 nitrogen and oxygen atoms in total. The molecule has 15 aromatic rings. The Bertz CT molecular complexity index is 5070. The van der Waals surface area contributed by atoms with Gasteiger partial charge in [0.05, 0.1) is 33.4 Å². The number of aromatic nitrogens is 2. The van der Waals surface area contributed by atoms with E-state index in [4.69, 9.17) is 0 Å². The number of fused-ring (bicyclic) bond motifs is 10. The smallest absolute Gasteiger partial charge is 0.252 e. The van der Waals surface area contributed by atoms with Crippen LogP contribution in [0.3, 0.4) is 0 Å². The predicted octanol–water partition coefficient (Wildman–Crippen LogP) is 21.2. The Labute approximate surface area is 533 Å². The molecule has 2 aromatic heterocycles. The first-order valence-corrected chi connectivity index (χ1v) is 32.0. The van der Waals surface area contributed by atoms with Gasteiger partial charge in [0.2, 0.25) is 0 Å². The van der Waals surface area contributed by atoms with Crippen molar-refractivity contribution in [1.82, 2.24) is 9.13 Å². The van der Waals surface area contributed by atoms with Crippen LogP contribution in [0.15, 0.2) is 297 Å². The fourth-order valence-electron chi connectivity index (χ4n) is 15.5. The topological polar surface area (TPSA) is 16.3 Å². The zero-order chi connectivity index (χ0) is 61.3. The molecule has 91 heavy (non-hydrogen) atoms. The lowest BCUT2D eigenvalue weighted by atomic mass is 9.33. The van der Waals surface area contributed by atoms with E-state index in [1.165, 1.54) is 116 Å². The zero-order valence-electron chi connectivity index (χ0n) is 52.2. The summed E-state index contributed by atoms with van der Waals surface area (Å²) >= 11 is 0. The monoisotopic (exact) mass is 1170 g/mol. The molecular weight excluding hydrogens is 1100 g/mol. The Morgan fingerprint density at radius 1 is 0.264 bits per heavy atom. The Kier molecular flexibility index (Phi) is 12.5. The van der Waals surface area contributed by atoms with E-state index in [2.05, 4.69) is 358 Å². The molecule has 0 fully saturated rings. The van der Waals surface area contributed by atoms with Crippen LogP contribution in [0.4, 0.5) is 34.1 Å². The lowest BCUT2D eigenvalue weighted by Crippen LogP contribution is -2.61. The Morgan fingerprint density at radius 3 is 1.04 bits per heavy atom. The Balaban J connectivity index is 1.01. The van der Waals surface area contributed by atoms with Crippen LogP contribution in [0, 0.1) is 0 Å². The van der Waals surface area contributed by atoms with E-state index in [1.807, 2.05) is 0 Å². The molecule has 17 rings (SSSR count). The van der Waals surface area contributed by atoms with Crippen LogP contribution in [0.25, 0.3) is 99.5 Å². The first-order chi connectivity index (χ1) is 44.5. The van der Waals surface area contributed by atoms with Crippen LogP contribution in [-0.4, -0.2) is 15.8 Å². The summed E-state index contributed by atoms with van der Waals surface area (Å²) < 4.78 is 5.09. The van der Waals surface area contributed by atoms with Crippen molar-refractivity contribution in [1.29, 1.82) is 0 Å². The van der Waals surface area contributed by atoms with Gasteiger partial charge in [0.15, 0.2) is 0 Å². The van der Waals surface area contributed by atoms with Crippen molar-refractivity contribution in [3.05, 3.63) is 308 Å². The number of nitrogens with zero attached hydrogens (tertiary/aromatic N) is 4. The highest BCUT2D eigenvalue weighted by molar-refractivity contribution is 7.00. The van der Waals surface area contributed by atoms with E-state index in [0.29, 0.717) is 0 Å². The molecule has 0 saturated heterocycles. The van der Waals surface area contributed by atoms with Crippen LogP contribution in [-0.2, 0) is 10.8 Å². The molecule has 2 aliphatic heterocycles. The second kappa shape index (κ2) is 20.9. The van der Waals surface area contributed by atoms with Gasteiger partial charge in [-0.3, -0.25) is 0 Å². The Morgan fingerprint density at radius 2 is 0.604 bits per heavy atom. The molecule has 0 unspecified atom stereocenters. The third-order valence-electron chi connectivity index (χ3n) is 19.4. The predicted molar refractivity (Wildman–Crippen MR) is 388 cm³/mol. The van der Waals surface area contributed by atoms with Gasteiger partial charge >= 0.3 is 0 Å². The summed E-state index contributed by atoms with van der Waals surface area (Å²) in [6.45, 7) is 13.8. The van der Waals surface area contributed by atoms with Crippen molar-refractivity contribution in [3.63, 3.8) is 0 Å². The number of rotatable bonds is 8. The number of para-hydroxylation sites is 6. The molecule has 5 heteroatoms. The highest BCUT2D eigenvalue weighted by Gasteiger charge is 2.45. The summed E-state index contributed by atoms with van der Waals surface area (Å²) in [6, 6.07) is 112. The van der Waals surface area contributed by atoms with Crippen molar-refractivity contribution in [2.24, 2.45) is 0 Å².